The summed E-state index contributed by atoms with van der Waals surface area (Å²) in [6.45, 7) is 6.07. The zero-order chi connectivity index (χ0) is 8.06. The van der Waals surface area contributed by atoms with Crippen molar-refractivity contribution in [1.29, 1.82) is 0 Å². The van der Waals surface area contributed by atoms with Gasteiger partial charge in [0.2, 0.25) is 0 Å². The molecule has 0 saturated carbocycles. The Hall–Kier alpha value is -0.760. The second-order valence-electron chi connectivity index (χ2n) is 3.55. The van der Waals surface area contributed by atoms with Gasteiger partial charge in [-0.2, -0.15) is 0 Å². The van der Waals surface area contributed by atoms with Crippen LogP contribution >= 0.6 is 0 Å². The molecule has 1 unspecified atom stereocenters. The van der Waals surface area contributed by atoms with Gasteiger partial charge in [0.25, 0.3) is 0 Å². The molecule has 0 radical (unpaired) electrons. The van der Waals surface area contributed by atoms with E-state index in [0.29, 0.717) is 0 Å². The summed E-state index contributed by atoms with van der Waals surface area (Å²) in [4.78, 5) is 0. The predicted octanol–water partition coefficient (Wildman–Crippen LogP) is 2.44. The van der Waals surface area contributed by atoms with E-state index in [-0.39, 0.29) is 11.7 Å². The van der Waals surface area contributed by atoms with Crippen molar-refractivity contribution in [3.8, 4) is 0 Å². The van der Waals surface area contributed by atoms with Crippen LogP contribution in [0.2, 0.25) is 0 Å². The van der Waals surface area contributed by atoms with E-state index >= 15 is 0 Å². The lowest BCUT2D eigenvalue weighted by molar-refractivity contribution is 0.311. The highest BCUT2D eigenvalue weighted by molar-refractivity contribution is 5.16. The molecule has 0 aromatic carbocycles. The van der Waals surface area contributed by atoms with Crippen LogP contribution in [0.3, 0.4) is 0 Å². The Kier molecular flexibility index (Phi) is 1.19. The van der Waals surface area contributed by atoms with Crippen LogP contribution in [-0.2, 0) is 4.74 Å². The Morgan fingerprint density at radius 1 is 1.36 bits per heavy atom. The third kappa shape index (κ3) is 1.07. The molecule has 2 nitrogen and oxygen atoms in total. The fourth-order valence-corrected chi connectivity index (χ4v) is 1.26. The minimum absolute atomic E-state index is 0.00963. The molecule has 1 aromatic heterocycles. The zero-order valence-electron chi connectivity index (χ0n) is 7.05. The molecule has 11 heavy (non-hydrogen) atoms. The summed E-state index contributed by atoms with van der Waals surface area (Å²) in [7, 11) is 0. The minimum atomic E-state index is -0.00963. The Morgan fingerprint density at radius 2 is 2.00 bits per heavy atom. The molecule has 1 aliphatic rings. The average Bonchev–Trinajstić information content (AvgIpc) is 2.39. The molecule has 0 spiro atoms. The van der Waals surface area contributed by atoms with E-state index in [9.17, 15) is 0 Å². The van der Waals surface area contributed by atoms with Gasteiger partial charge in [-0.1, -0.05) is 0 Å². The van der Waals surface area contributed by atoms with Gasteiger partial charge in [0, 0.05) is 0 Å². The van der Waals surface area contributed by atoms with Crippen molar-refractivity contribution in [1.82, 2.24) is 0 Å². The van der Waals surface area contributed by atoms with E-state index in [2.05, 4.69) is 13.8 Å². The molecule has 2 rings (SSSR count). The Morgan fingerprint density at radius 3 is 2.36 bits per heavy atom. The van der Waals surface area contributed by atoms with Crippen LogP contribution in [0.1, 0.15) is 31.5 Å². The van der Waals surface area contributed by atoms with Crippen molar-refractivity contribution in [2.45, 2.75) is 32.5 Å². The fourth-order valence-electron chi connectivity index (χ4n) is 1.26. The van der Waals surface area contributed by atoms with E-state index in [1.165, 1.54) is 0 Å². The standard InChI is InChI=1S/C9H12O2/c1-6-4-5-7(10-6)8-9(2,3)11-8/h4-5,8H,1-3H3. The lowest BCUT2D eigenvalue weighted by atomic mass is 10.1. The highest BCUT2D eigenvalue weighted by Gasteiger charge is 2.50. The van der Waals surface area contributed by atoms with Crippen molar-refractivity contribution in [2.24, 2.45) is 0 Å². The van der Waals surface area contributed by atoms with Crippen LogP contribution in [0.5, 0.6) is 0 Å². The summed E-state index contributed by atoms with van der Waals surface area (Å²) in [6, 6.07) is 3.95. The number of furan rings is 1. The summed E-state index contributed by atoms with van der Waals surface area (Å²) in [5, 5.41) is 0. The molecule has 1 atom stereocenters. The molecule has 0 N–H and O–H groups in total. The first-order valence-corrected chi connectivity index (χ1v) is 3.84. The number of ether oxygens (including phenoxy) is 1. The monoisotopic (exact) mass is 152 g/mol. The smallest absolute Gasteiger partial charge is 0.144 e. The summed E-state index contributed by atoms with van der Waals surface area (Å²) < 4.78 is 10.8. The summed E-state index contributed by atoms with van der Waals surface area (Å²) in [5.74, 6) is 1.90. The minimum Gasteiger partial charge on any atom is -0.463 e. The van der Waals surface area contributed by atoms with E-state index in [1.54, 1.807) is 0 Å². The average molecular weight is 152 g/mol. The number of hydrogen-bond donors (Lipinski definition) is 0. The maximum absolute atomic E-state index is 5.42. The van der Waals surface area contributed by atoms with Gasteiger partial charge in [-0.3, -0.25) is 0 Å². The quantitative estimate of drug-likeness (QED) is 0.577. The number of aryl methyl sites for hydroxylation is 1. The van der Waals surface area contributed by atoms with Gasteiger partial charge < -0.3 is 9.15 Å². The van der Waals surface area contributed by atoms with Crippen molar-refractivity contribution >= 4 is 0 Å². The van der Waals surface area contributed by atoms with Gasteiger partial charge in [0.1, 0.15) is 17.6 Å². The van der Waals surface area contributed by atoms with Gasteiger partial charge in [-0.15, -0.1) is 0 Å². The van der Waals surface area contributed by atoms with Gasteiger partial charge >= 0.3 is 0 Å². The fraction of sp³-hybridized carbons (Fsp3) is 0.556. The Balaban J connectivity index is 2.20. The highest BCUT2D eigenvalue weighted by atomic mass is 16.6. The second kappa shape index (κ2) is 1.89. The van der Waals surface area contributed by atoms with E-state index in [0.717, 1.165) is 11.5 Å². The van der Waals surface area contributed by atoms with Crippen LogP contribution in [-0.4, -0.2) is 5.60 Å². The topological polar surface area (TPSA) is 25.7 Å². The molecule has 1 saturated heterocycles. The van der Waals surface area contributed by atoms with Gasteiger partial charge in [0.15, 0.2) is 0 Å². The largest absolute Gasteiger partial charge is 0.463 e. The zero-order valence-corrected chi connectivity index (χ0v) is 7.05. The van der Waals surface area contributed by atoms with Crippen LogP contribution < -0.4 is 0 Å². The third-order valence-electron chi connectivity index (χ3n) is 2.02. The predicted molar refractivity (Wildman–Crippen MR) is 41.4 cm³/mol. The molecule has 2 heterocycles. The summed E-state index contributed by atoms with van der Waals surface area (Å²) in [6.07, 6.45) is 0.177. The van der Waals surface area contributed by atoms with Crippen LogP contribution in [0, 0.1) is 6.92 Å². The number of epoxide rings is 1. The van der Waals surface area contributed by atoms with E-state index < -0.39 is 0 Å². The van der Waals surface area contributed by atoms with E-state index in [1.807, 2.05) is 19.1 Å². The van der Waals surface area contributed by atoms with Gasteiger partial charge in [-0.25, -0.2) is 0 Å². The molecule has 1 aromatic rings. The van der Waals surface area contributed by atoms with Crippen molar-refractivity contribution in [3.63, 3.8) is 0 Å². The highest BCUT2D eigenvalue weighted by Crippen LogP contribution is 2.49. The van der Waals surface area contributed by atoms with E-state index in [4.69, 9.17) is 9.15 Å². The van der Waals surface area contributed by atoms with Crippen LogP contribution in [0.4, 0.5) is 0 Å². The Labute approximate surface area is 66.2 Å². The SMILES string of the molecule is Cc1ccc(C2OC2(C)C)o1. The van der Waals surface area contributed by atoms with Crippen LogP contribution in [0.25, 0.3) is 0 Å². The third-order valence-corrected chi connectivity index (χ3v) is 2.02. The maximum Gasteiger partial charge on any atom is 0.144 e. The normalized spacial score (nSPS) is 27.0. The number of hydrogen-bond acceptors (Lipinski definition) is 2. The number of rotatable bonds is 1. The van der Waals surface area contributed by atoms with Crippen molar-refractivity contribution < 1.29 is 9.15 Å². The molecule has 2 heteroatoms. The summed E-state index contributed by atoms with van der Waals surface area (Å²) >= 11 is 0. The molecule has 0 amide bonds. The molecule has 60 valence electrons. The lowest BCUT2D eigenvalue weighted by Crippen LogP contribution is -1.96. The van der Waals surface area contributed by atoms with Gasteiger partial charge in [0.05, 0.1) is 5.60 Å². The molecule has 1 aliphatic heterocycles. The first-order chi connectivity index (χ1) is 5.09. The molecule has 0 bridgehead atoms. The summed E-state index contributed by atoms with van der Waals surface area (Å²) in [5.41, 5.74) is -0.00963. The van der Waals surface area contributed by atoms with Crippen molar-refractivity contribution in [3.05, 3.63) is 23.7 Å². The molecule has 1 fully saturated rings. The van der Waals surface area contributed by atoms with Crippen molar-refractivity contribution in [2.75, 3.05) is 0 Å². The maximum atomic E-state index is 5.42. The lowest BCUT2D eigenvalue weighted by Gasteiger charge is -1.91. The van der Waals surface area contributed by atoms with Crippen LogP contribution in [0.15, 0.2) is 16.5 Å². The first kappa shape index (κ1) is 6.92. The molecule has 0 aliphatic carbocycles. The molecular weight excluding hydrogens is 140 g/mol. The molecular formula is C9H12O2. The first-order valence-electron chi connectivity index (χ1n) is 3.84. The van der Waals surface area contributed by atoms with Gasteiger partial charge in [-0.05, 0) is 32.9 Å². The Bertz CT molecular complexity index is 273. The second-order valence-corrected chi connectivity index (χ2v) is 3.55.